The van der Waals surface area contributed by atoms with Crippen LogP contribution in [0.25, 0.3) is 0 Å². The minimum absolute atomic E-state index is 0.0244. The Morgan fingerprint density at radius 3 is 2.67 bits per heavy atom. The standard InChI is InChI=1S/C11H19NO3/c1-11(2,3)15-10(14)12-8(6-13)4-7-5-9(7)12/h7-9,13H,4-6H2,1-3H3/t7-,8+,9?/m1/s1. The minimum Gasteiger partial charge on any atom is -0.444 e. The lowest BCUT2D eigenvalue weighted by molar-refractivity contribution is 0.0126. The van der Waals surface area contributed by atoms with E-state index in [9.17, 15) is 9.90 Å². The maximum Gasteiger partial charge on any atom is 0.410 e. The summed E-state index contributed by atoms with van der Waals surface area (Å²) in [4.78, 5) is 13.6. The van der Waals surface area contributed by atoms with Gasteiger partial charge in [0.15, 0.2) is 0 Å². The van der Waals surface area contributed by atoms with Crippen molar-refractivity contribution in [1.82, 2.24) is 4.90 Å². The molecule has 0 bridgehead atoms. The van der Waals surface area contributed by atoms with E-state index in [1.54, 1.807) is 4.90 Å². The van der Waals surface area contributed by atoms with Crippen LogP contribution in [0.5, 0.6) is 0 Å². The molecule has 86 valence electrons. The summed E-state index contributed by atoms with van der Waals surface area (Å²) in [5.41, 5.74) is -0.454. The smallest absolute Gasteiger partial charge is 0.410 e. The fraction of sp³-hybridized carbons (Fsp3) is 0.909. The van der Waals surface area contributed by atoms with Crippen molar-refractivity contribution >= 4 is 6.09 Å². The fourth-order valence-corrected chi connectivity index (χ4v) is 2.32. The second-order valence-electron chi connectivity index (χ2n) is 5.52. The maximum atomic E-state index is 11.9. The molecule has 0 spiro atoms. The van der Waals surface area contributed by atoms with Crippen LogP contribution in [0.1, 0.15) is 33.6 Å². The molecule has 1 aliphatic carbocycles. The van der Waals surface area contributed by atoms with Gasteiger partial charge in [0.25, 0.3) is 0 Å². The molecular formula is C11H19NO3. The third-order valence-electron chi connectivity index (χ3n) is 3.03. The normalized spacial score (nSPS) is 33.9. The second-order valence-corrected chi connectivity index (χ2v) is 5.52. The number of hydrogen-bond acceptors (Lipinski definition) is 3. The first-order valence-electron chi connectivity index (χ1n) is 5.54. The number of carbonyl (C=O) groups excluding carboxylic acids is 1. The van der Waals surface area contributed by atoms with Crippen LogP contribution in [0.15, 0.2) is 0 Å². The molecule has 0 aromatic rings. The van der Waals surface area contributed by atoms with Crippen LogP contribution in [-0.2, 0) is 4.74 Å². The van der Waals surface area contributed by atoms with Crippen molar-refractivity contribution in [2.45, 2.75) is 51.3 Å². The van der Waals surface area contributed by atoms with Crippen molar-refractivity contribution in [3.8, 4) is 0 Å². The van der Waals surface area contributed by atoms with Crippen LogP contribution >= 0.6 is 0 Å². The monoisotopic (exact) mass is 213 g/mol. The van der Waals surface area contributed by atoms with Crippen molar-refractivity contribution in [2.24, 2.45) is 5.92 Å². The number of amides is 1. The quantitative estimate of drug-likeness (QED) is 0.715. The molecule has 1 heterocycles. The van der Waals surface area contributed by atoms with Crippen molar-refractivity contribution in [3.05, 3.63) is 0 Å². The van der Waals surface area contributed by atoms with Gasteiger partial charge in [-0.15, -0.1) is 0 Å². The van der Waals surface area contributed by atoms with Gasteiger partial charge in [-0.2, -0.15) is 0 Å². The highest BCUT2D eigenvalue weighted by atomic mass is 16.6. The van der Waals surface area contributed by atoms with Crippen molar-refractivity contribution in [3.63, 3.8) is 0 Å². The molecule has 1 aliphatic heterocycles. The molecule has 1 saturated heterocycles. The Balaban J connectivity index is 1.99. The Morgan fingerprint density at radius 1 is 1.47 bits per heavy atom. The lowest BCUT2D eigenvalue weighted by Crippen LogP contribution is -2.43. The van der Waals surface area contributed by atoms with Crippen LogP contribution < -0.4 is 0 Å². The Morgan fingerprint density at radius 2 is 2.13 bits per heavy atom. The second kappa shape index (κ2) is 3.37. The predicted molar refractivity (Wildman–Crippen MR) is 55.5 cm³/mol. The van der Waals surface area contributed by atoms with Crippen LogP contribution in [-0.4, -0.2) is 40.4 Å². The average Bonchev–Trinajstić information content (AvgIpc) is 2.73. The fourth-order valence-electron chi connectivity index (χ4n) is 2.32. The zero-order valence-corrected chi connectivity index (χ0v) is 9.56. The van der Waals surface area contributed by atoms with E-state index in [4.69, 9.17) is 4.74 Å². The molecule has 4 heteroatoms. The van der Waals surface area contributed by atoms with Crippen LogP contribution in [0.4, 0.5) is 4.79 Å². The molecule has 3 atom stereocenters. The lowest BCUT2D eigenvalue weighted by Gasteiger charge is -2.29. The Bertz CT molecular complexity index is 271. The zero-order valence-electron chi connectivity index (χ0n) is 9.56. The van der Waals surface area contributed by atoms with E-state index in [2.05, 4.69) is 0 Å². The number of piperidine rings is 1. The predicted octanol–water partition coefficient (Wildman–Crippen LogP) is 1.38. The van der Waals surface area contributed by atoms with E-state index in [1.165, 1.54) is 0 Å². The van der Waals surface area contributed by atoms with Crippen molar-refractivity contribution < 1.29 is 14.6 Å². The number of ether oxygens (including phenoxy) is 1. The first-order chi connectivity index (χ1) is 6.92. The molecule has 2 fully saturated rings. The highest BCUT2D eigenvalue weighted by molar-refractivity contribution is 5.70. The van der Waals surface area contributed by atoms with Crippen LogP contribution in [0.3, 0.4) is 0 Å². The van der Waals surface area contributed by atoms with Gasteiger partial charge in [-0.05, 0) is 39.5 Å². The maximum absolute atomic E-state index is 11.9. The first kappa shape index (κ1) is 10.7. The number of fused-ring (bicyclic) bond motifs is 1. The molecule has 0 radical (unpaired) electrons. The molecule has 1 N–H and O–H groups in total. The Kier molecular flexibility index (Phi) is 2.41. The average molecular weight is 213 g/mol. The molecule has 2 rings (SSSR count). The van der Waals surface area contributed by atoms with E-state index in [1.807, 2.05) is 20.8 Å². The molecule has 15 heavy (non-hydrogen) atoms. The van der Waals surface area contributed by atoms with Gasteiger partial charge in [-0.3, -0.25) is 4.90 Å². The SMILES string of the molecule is CC(C)(C)OC(=O)N1C2C[C@H]2C[C@H]1CO. The summed E-state index contributed by atoms with van der Waals surface area (Å²) in [7, 11) is 0. The Labute approximate surface area is 90.2 Å². The number of aliphatic hydroxyl groups excluding tert-OH is 1. The molecule has 2 aliphatic rings. The highest BCUT2D eigenvalue weighted by Crippen LogP contribution is 2.48. The van der Waals surface area contributed by atoms with Gasteiger partial charge in [-0.25, -0.2) is 4.79 Å². The summed E-state index contributed by atoms with van der Waals surface area (Å²) in [5.74, 6) is 0.606. The van der Waals surface area contributed by atoms with Gasteiger partial charge in [0, 0.05) is 6.04 Å². The third kappa shape index (κ3) is 2.09. The molecule has 0 aromatic carbocycles. The summed E-state index contributed by atoms with van der Waals surface area (Å²) < 4.78 is 5.33. The molecular weight excluding hydrogens is 194 g/mol. The molecule has 0 aromatic heterocycles. The number of nitrogens with zero attached hydrogens (tertiary/aromatic N) is 1. The van der Waals surface area contributed by atoms with Gasteiger partial charge in [-0.1, -0.05) is 0 Å². The summed E-state index contributed by atoms with van der Waals surface area (Å²) >= 11 is 0. The number of rotatable bonds is 1. The Hall–Kier alpha value is -0.770. The number of likely N-dealkylation sites (tertiary alicyclic amines) is 1. The van der Waals surface area contributed by atoms with Gasteiger partial charge < -0.3 is 9.84 Å². The van der Waals surface area contributed by atoms with Crippen LogP contribution in [0.2, 0.25) is 0 Å². The zero-order chi connectivity index (χ0) is 11.2. The summed E-state index contributed by atoms with van der Waals surface area (Å²) in [6, 6.07) is 0.306. The van der Waals surface area contributed by atoms with Crippen molar-refractivity contribution in [1.29, 1.82) is 0 Å². The van der Waals surface area contributed by atoms with Crippen LogP contribution in [0, 0.1) is 5.92 Å². The minimum atomic E-state index is -0.454. The first-order valence-corrected chi connectivity index (χ1v) is 5.54. The summed E-state index contributed by atoms with van der Waals surface area (Å²) in [5, 5.41) is 9.17. The molecule has 1 unspecified atom stereocenters. The van der Waals surface area contributed by atoms with Gasteiger partial charge in [0.2, 0.25) is 0 Å². The molecule has 4 nitrogen and oxygen atoms in total. The van der Waals surface area contributed by atoms with Crippen molar-refractivity contribution in [2.75, 3.05) is 6.61 Å². The third-order valence-corrected chi connectivity index (χ3v) is 3.03. The van der Waals surface area contributed by atoms with E-state index in [0.717, 1.165) is 12.8 Å². The highest BCUT2D eigenvalue weighted by Gasteiger charge is 2.54. The number of hydrogen-bond donors (Lipinski definition) is 1. The van der Waals surface area contributed by atoms with E-state index in [0.29, 0.717) is 12.0 Å². The van der Waals surface area contributed by atoms with Gasteiger partial charge >= 0.3 is 6.09 Å². The van der Waals surface area contributed by atoms with E-state index >= 15 is 0 Å². The lowest BCUT2D eigenvalue weighted by atomic mass is 10.2. The number of carbonyl (C=O) groups is 1. The molecule has 1 amide bonds. The molecule has 1 saturated carbocycles. The van der Waals surface area contributed by atoms with E-state index in [-0.39, 0.29) is 18.7 Å². The van der Waals surface area contributed by atoms with Gasteiger partial charge in [0.1, 0.15) is 5.60 Å². The largest absolute Gasteiger partial charge is 0.444 e. The topological polar surface area (TPSA) is 49.8 Å². The summed E-state index contributed by atoms with van der Waals surface area (Å²) in [6.45, 7) is 5.63. The number of aliphatic hydroxyl groups is 1. The van der Waals surface area contributed by atoms with Gasteiger partial charge in [0.05, 0.1) is 12.6 Å². The van der Waals surface area contributed by atoms with E-state index < -0.39 is 5.60 Å². The summed E-state index contributed by atoms with van der Waals surface area (Å²) in [6.07, 6.45) is 1.74.